The first-order valence-corrected chi connectivity index (χ1v) is 3.95. The van der Waals surface area contributed by atoms with Crippen molar-refractivity contribution in [1.82, 2.24) is 4.90 Å². The molecule has 0 heterocycles. The van der Waals surface area contributed by atoms with E-state index < -0.39 is 0 Å². The fraction of sp³-hybridized carbons (Fsp3) is 1.00. The van der Waals surface area contributed by atoms with Crippen molar-refractivity contribution >= 4 is 0 Å². The van der Waals surface area contributed by atoms with E-state index in [0.717, 1.165) is 13.0 Å². The van der Waals surface area contributed by atoms with Gasteiger partial charge in [0, 0.05) is 12.0 Å². The van der Waals surface area contributed by atoms with Crippen LogP contribution in [-0.2, 0) is 0 Å². The van der Waals surface area contributed by atoms with E-state index in [1.807, 2.05) is 25.9 Å². The molecule has 2 nitrogen and oxygen atoms in total. The van der Waals surface area contributed by atoms with E-state index in [9.17, 15) is 4.39 Å². The minimum absolute atomic E-state index is 0.315. The quantitative estimate of drug-likeness (QED) is 0.650. The van der Waals surface area contributed by atoms with Crippen LogP contribution in [0.4, 0.5) is 4.39 Å². The molecule has 0 aromatic heterocycles. The van der Waals surface area contributed by atoms with E-state index in [0.29, 0.717) is 6.54 Å². The van der Waals surface area contributed by atoms with E-state index in [1.165, 1.54) is 0 Å². The monoisotopic (exact) mass is 162 g/mol. The molecule has 0 amide bonds. The highest BCUT2D eigenvalue weighted by Gasteiger charge is 2.21. The Kier molecular flexibility index (Phi) is 4.61. The summed E-state index contributed by atoms with van der Waals surface area (Å²) in [6, 6.07) is 0. The summed E-state index contributed by atoms with van der Waals surface area (Å²) in [4.78, 5) is 2.05. The van der Waals surface area contributed by atoms with Gasteiger partial charge in [-0.05, 0) is 27.1 Å². The Morgan fingerprint density at radius 1 is 1.45 bits per heavy atom. The van der Waals surface area contributed by atoms with Gasteiger partial charge in [-0.2, -0.15) is 0 Å². The second kappa shape index (κ2) is 4.67. The first-order chi connectivity index (χ1) is 5.04. The van der Waals surface area contributed by atoms with E-state index in [4.69, 9.17) is 5.73 Å². The first-order valence-electron chi connectivity index (χ1n) is 3.95. The minimum atomic E-state index is -0.322. The number of rotatable bonds is 5. The second-order valence-electron chi connectivity index (χ2n) is 3.70. The van der Waals surface area contributed by atoms with E-state index in [2.05, 4.69) is 0 Å². The molecule has 0 saturated carbocycles. The number of alkyl halides is 1. The van der Waals surface area contributed by atoms with Crippen molar-refractivity contribution < 1.29 is 4.39 Å². The van der Waals surface area contributed by atoms with Gasteiger partial charge >= 0.3 is 0 Å². The summed E-state index contributed by atoms with van der Waals surface area (Å²) < 4.78 is 12.4. The zero-order chi connectivity index (χ0) is 8.91. The van der Waals surface area contributed by atoms with Crippen LogP contribution in [0, 0.1) is 5.41 Å². The van der Waals surface area contributed by atoms with Gasteiger partial charge < -0.3 is 10.6 Å². The topological polar surface area (TPSA) is 29.3 Å². The van der Waals surface area contributed by atoms with Gasteiger partial charge in [-0.3, -0.25) is 4.39 Å². The lowest BCUT2D eigenvalue weighted by molar-refractivity contribution is 0.199. The smallest absolute Gasteiger partial charge is 0.0960 e. The van der Waals surface area contributed by atoms with Crippen molar-refractivity contribution in [2.24, 2.45) is 11.1 Å². The minimum Gasteiger partial charge on any atom is -0.330 e. The van der Waals surface area contributed by atoms with Gasteiger partial charge in [0.2, 0.25) is 0 Å². The molecule has 0 fully saturated rings. The number of nitrogens with zero attached hydrogens (tertiary/aromatic N) is 1. The van der Waals surface area contributed by atoms with Gasteiger partial charge in [-0.1, -0.05) is 6.92 Å². The summed E-state index contributed by atoms with van der Waals surface area (Å²) in [5, 5.41) is 0. The molecule has 1 unspecified atom stereocenters. The Bertz CT molecular complexity index is 100. The van der Waals surface area contributed by atoms with Crippen LogP contribution in [0.5, 0.6) is 0 Å². The lowest BCUT2D eigenvalue weighted by Gasteiger charge is -2.25. The summed E-state index contributed by atoms with van der Waals surface area (Å²) in [6.45, 7) is 2.89. The SMILES string of the molecule is CN(C)CCC(C)(CN)CF. The maximum atomic E-state index is 12.4. The van der Waals surface area contributed by atoms with Crippen LogP contribution in [0.2, 0.25) is 0 Å². The molecule has 0 aliphatic heterocycles. The van der Waals surface area contributed by atoms with Crippen molar-refractivity contribution in [2.45, 2.75) is 13.3 Å². The summed E-state index contributed by atoms with van der Waals surface area (Å²) in [5.41, 5.74) is 5.13. The third-order valence-electron chi connectivity index (χ3n) is 1.98. The maximum absolute atomic E-state index is 12.4. The van der Waals surface area contributed by atoms with Crippen LogP contribution in [0.25, 0.3) is 0 Å². The fourth-order valence-corrected chi connectivity index (χ4v) is 0.717. The molecule has 0 aliphatic rings. The summed E-state index contributed by atoms with van der Waals surface area (Å²) in [6.07, 6.45) is 0.826. The largest absolute Gasteiger partial charge is 0.330 e. The summed E-state index contributed by atoms with van der Waals surface area (Å²) >= 11 is 0. The van der Waals surface area contributed by atoms with Crippen molar-refractivity contribution in [1.29, 1.82) is 0 Å². The average molecular weight is 162 g/mol. The molecule has 0 aliphatic carbocycles. The van der Waals surface area contributed by atoms with Crippen LogP contribution in [0.15, 0.2) is 0 Å². The van der Waals surface area contributed by atoms with Gasteiger partial charge in [-0.25, -0.2) is 0 Å². The molecule has 0 spiro atoms. The van der Waals surface area contributed by atoms with E-state index in [-0.39, 0.29) is 12.1 Å². The molecular weight excluding hydrogens is 143 g/mol. The van der Waals surface area contributed by atoms with Crippen LogP contribution < -0.4 is 5.73 Å². The van der Waals surface area contributed by atoms with Crippen molar-refractivity contribution in [3.63, 3.8) is 0 Å². The van der Waals surface area contributed by atoms with Gasteiger partial charge in [0.05, 0.1) is 6.67 Å². The third-order valence-corrected chi connectivity index (χ3v) is 1.98. The molecule has 3 heteroatoms. The van der Waals surface area contributed by atoms with Crippen LogP contribution >= 0.6 is 0 Å². The molecule has 0 aromatic rings. The van der Waals surface area contributed by atoms with Crippen LogP contribution in [-0.4, -0.2) is 38.8 Å². The zero-order valence-electron chi connectivity index (χ0n) is 7.73. The number of hydrogen-bond donors (Lipinski definition) is 1. The number of nitrogens with two attached hydrogens (primary N) is 1. The molecule has 1 atom stereocenters. The van der Waals surface area contributed by atoms with Crippen molar-refractivity contribution in [2.75, 3.05) is 33.9 Å². The van der Waals surface area contributed by atoms with Crippen molar-refractivity contribution in [3.05, 3.63) is 0 Å². The summed E-state index contributed by atoms with van der Waals surface area (Å²) in [5.74, 6) is 0. The molecule has 0 radical (unpaired) electrons. The number of hydrogen-bond acceptors (Lipinski definition) is 2. The highest BCUT2D eigenvalue weighted by Crippen LogP contribution is 2.19. The lowest BCUT2D eigenvalue weighted by Crippen LogP contribution is -2.32. The molecule has 0 rings (SSSR count). The highest BCUT2D eigenvalue weighted by molar-refractivity contribution is 4.74. The molecule has 0 bridgehead atoms. The average Bonchev–Trinajstić information content (AvgIpc) is 2.00. The molecule has 0 aromatic carbocycles. The second-order valence-corrected chi connectivity index (χ2v) is 3.70. The Morgan fingerprint density at radius 3 is 2.27 bits per heavy atom. The third kappa shape index (κ3) is 4.32. The molecule has 2 N–H and O–H groups in total. The van der Waals surface area contributed by atoms with Gasteiger partial charge in [-0.15, -0.1) is 0 Å². The van der Waals surface area contributed by atoms with Gasteiger partial charge in [0.15, 0.2) is 0 Å². The van der Waals surface area contributed by atoms with Crippen molar-refractivity contribution in [3.8, 4) is 0 Å². The van der Waals surface area contributed by atoms with E-state index >= 15 is 0 Å². The number of halogens is 1. The Hall–Kier alpha value is -0.150. The van der Waals surface area contributed by atoms with E-state index in [1.54, 1.807) is 0 Å². The standard InChI is InChI=1S/C8H19FN2/c1-8(6-9,7-10)4-5-11(2)3/h4-7,10H2,1-3H3. The Balaban J connectivity index is 3.69. The van der Waals surface area contributed by atoms with Gasteiger partial charge in [0.25, 0.3) is 0 Å². The summed E-state index contributed by atoms with van der Waals surface area (Å²) in [7, 11) is 3.96. The van der Waals surface area contributed by atoms with Crippen LogP contribution in [0.1, 0.15) is 13.3 Å². The maximum Gasteiger partial charge on any atom is 0.0960 e. The zero-order valence-corrected chi connectivity index (χ0v) is 7.73. The fourth-order valence-electron chi connectivity index (χ4n) is 0.717. The molecule has 68 valence electrons. The Morgan fingerprint density at radius 2 is 2.00 bits per heavy atom. The highest BCUT2D eigenvalue weighted by atomic mass is 19.1. The molecular formula is C8H19FN2. The lowest BCUT2D eigenvalue weighted by atomic mass is 9.88. The molecule has 0 saturated heterocycles. The predicted molar refractivity (Wildman–Crippen MR) is 46.3 cm³/mol. The molecule has 11 heavy (non-hydrogen) atoms. The predicted octanol–water partition coefficient (Wildman–Crippen LogP) is 0.873. The normalized spacial score (nSPS) is 16.9. The van der Waals surface area contributed by atoms with Crippen LogP contribution in [0.3, 0.4) is 0 Å². The first kappa shape index (κ1) is 10.8. The van der Waals surface area contributed by atoms with Gasteiger partial charge in [0.1, 0.15) is 0 Å². The Labute approximate surface area is 68.6 Å².